The quantitative estimate of drug-likeness (QED) is 0.768. The lowest BCUT2D eigenvalue weighted by molar-refractivity contribution is 0.508. The lowest BCUT2D eigenvalue weighted by atomic mass is 10.0. The molecule has 0 saturated carbocycles. The lowest BCUT2D eigenvalue weighted by Gasteiger charge is -2.20. The van der Waals surface area contributed by atoms with Crippen LogP contribution in [0.2, 0.25) is 0 Å². The van der Waals surface area contributed by atoms with E-state index in [1.807, 2.05) is 0 Å². The first-order chi connectivity index (χ1) is 7.54. The van der Waals surface area contributed by atoms with Crippen LogP contribution in [-0.2, 0) is 0 Å². The van der Waals surface area contributed by atoms with Gasteiger partial charge in [-0.2, -0.15) is 0 Å². The fraction of sp³-hybridized carbons (Fsp3) is 0.545. The van der Waals surface area contributed by atoms with E-state index in [9.17, 15) is 0 Å². The van der Waals surface area contributed by atoms with Gasteiger partial charge in [-0.25, -0.2) is 9.97 Å². The maximum Gasteiger partial charge on any atom is 0.223 e. The second kappa shape index (κ2) is 5.75. The topological polar surface area (TPSA) is 63.8 Å². The van der Waals surface area contributed by atoms with Crippen molar-refractivity contribution < 1.29 is 0 Å². The Morgan fingerprint density at radius 3 is 2.75 bits per heavy atom. The van der Waals surface area contributed by atoms with E-state index in [1.165, 1.54) is 0 Å². The van der Waals surface area contributed by atoms with Crippen LogP contribution in [0.25, 0.3) is 0 Å². The van der Waals surface area contributed by atoms with E-state index in [0.717, 1.165) is 6.42 Å². The largest absolute Gasteiger partial charge is 0.388 e. The second-order valence-corrected chi connectivity index (χ2v) is 4.47. The van der Waals surface area contributed by atoms with Gasteiger partial charge in [0.1, 0.15) is 10.7 Å². The van der Waals surface area contributed by atoms with Crippen molar-refractivity contribution in [1.29, 1.82) is 0 Å². The summed E-state index contributed by atoms with van der Waals surface area (Å²) in [7, 11) is 0. The molecule has 1 rings (SSSR count). The Balaban J connectivity index is 2.80. The molecule has 0 radical (unpaired) electrons. The van der Waals surface area contributed by atoms with Crippen molar-refractivity contribution in [3.8, 4) is 0 Å². The third kappa shape index (κ3) is 3.41. The van der Waals surface area contributed by atoms with Crippen LogP contribution in [0, 0.1) is 5.92 Å². The molecule has 0 aliphatic carbocycles. The molecule has 0 spiro atoms. The first-order valence-electron chi connectivity index (χ1n) is 5.44. The summed E-state index contributed by atoms with van der Waals surface area (Å²) in [4.78, 5) is 8.70. The molecular weight excluding hydrogens is 220 g/mol. The fourth-order valence-electron chi connectivity index (χ4n) is 1.47. The molecule has 1 aromatic heterocycles. The molecule has 1 aromatic rings. The van der Waals surface area contributed by atoms with Crippen molar-refractivity contribution in [1.82, 2.24) is 9.97 Å². The minimum absolute atomic E-state index is 0.294. The number of nitrogens with one attached hydrogen (secondary N) is 1. The number of thiocarbonyl (C=S) groups is 1. The number of nitrogens with zero attached hydrogens (tertiary/aromatic N) is 2. The number of nitrogens with two attached hydrogens (primary N) is 1. The van der Waals surface area contributed by atoms with Crippen LogP contribution in [0.3, 0.4) is 0 Å². The zero-order valence-corrected chi connectivity index (χ0v) is 10.7. The lowest BCUT2D eigenvalue weighted by Crippen LogP contribution is -2.26. The van der Waals surface area contributed by atoms with Crippen molar-refractivity contribution in [2.75, 3.05) is 5.32 Å². The van der Waals surface area contributed by atoms with Crippen molar-refractivity contribution >= 4 is 23.2 Å². The van der Waals surface area contributed by atoms with E-state index in [2.05, 4.69) is 36.1 Å². The maximum absolute atomic E-state index is 5.52. The van der Waals surface area contributed by atoms with Crippen LogP contribution in [0.4, 0.5) is 5.95 Å². The number of anilines is 1. The van der Waals surface area contributed by atoms with Crippen LogP contribution in [0.5, 0.6) is 0 Å². The Bertz CT molecular complexity index is 365. The predicted molar refractivity (Wildman–Crippen MR) is 70.5 cm³/mol. The van der Waals surface area contributed by atoms with E-state index < -0.39 is 0 Å². The van der Waals surface area contributed by atoms with Gasteiger partial charge in [-0.15, -0.1) is 0 Å². The molecule has 0 bridgehead atoms. The van der Waals surface area contributed by atoms with Crippen LogP contribution in [-0.4, -0.2) is 21.0 Å². The van der Waals surface area contributed by atoms with Crippen molar-refractivity contribution in [2.24, 2.45) is 11.7 Å². The van der Waals surface area contributed by atoms with Gasteiger partial charge in [-0.3, -0.25) is 0 Å². The highest BCUT2D eigenvalue weighted by Crippen LogP contribution is 2.11. The highest BCUT2D eigenvalue weighted by molar-refractivity contribution is 7.80. The molecule has 0 amide bonds. The smallest absolute Gasteiger partial charge is 0.223 e. The Labute approximate surface area is 102 Å². The summed E-state index contributed by atoms with van der Waals surface area (Å²) in [6.07, 6.45) is 2.69. The first kappa shape index (κ1) is 12.8. The third-order valence-electron chi connectivity index (χ3n) is 2.47. The third-order valence-corrected chi connectivity index (χ3v) is 2.68. The molecule has 88 valence electrons. The Hall–Kier alpha value is -1.23. The van der Waals surface area contributed by atoms with Gasteiger partial charge in [0.05, 0.1) is 0 Å². The van der Waals surface area contributed by atoms with Gasteiger partial charge in [0.2, 0.25) is 5.95 Å². The molecule has 0 fully saturated rings. The van der Waals surface area contributed by atoms with Crippen LogP contribution in [0.1, 0.15) is 32.9 Å². The molecule has 0 saturated heterocycles. The molecule has 0 aromatic carbocycles. The number of rotatable bonds is 5. The fourth-order valence-corrected chi connectivity index (χ4v) is 1.59. The van der Waals surface area contributed by atoms with Gasteiger partial charge in [0, 0.05) is 12.2 Å². The van der Waals surface area contributed by atoms with Crippen LogP contribution >= 0.6 is 12.2 Å². The summed E-state index contributed by atoms with van der Waals surface area (Å²) in [5, 5.41) is 3.29. The van der Waals surface area contributed by atoms with E-state index in [-0.39, 0.29) is 0 Å². The molecule has 5 heteroatoms. The van der Waals surface area contributed by atoms with Crippen molar-refractivity contribution in [2.45, 2.75) is 33.2 Å². The normalized spacial score (nSPS) is 12.5. The van der Waals surface area contributed by atoms with Gasteiger partial charge in [0.25, 0.3) is 0 Å². The van der Waals surface area contributed by atoms with Crippen LogP contribution < -0.4 is 11.1 Å². The summed E-state index contributed by atoms with van der Waals surface area (Å²) < 4.78 is 0. The number of hydrogen-bond acceptors (Lipinski definition) is 4. The van der Waals surface area contributed by atoms with Crippen LogP contribution in [0.15, 0.2) is 12.3 Å². The van der Waals surface area contributed by atoms with E-state index in [4.69, 9.17) is 18.0 Å². The Kier molecular flexibility index (Phi) is 4.61. The highest BCUT2D eigenvalue weighted by atomic mass is 32.1. The molecule has 1 atom stereocenters. The molecular formula is C11H18N4S. The second-order valence-electron chi connectivity index (χ2n) is 4.03. The zero-order chi connectivity index (χ0) is 12.1. The number of hydrogen-bond donors (Lipinski definition) is 2. The molecule has 3 N–H and O–H groups in total. The monoisotopic (exact) mass is 238 g/mol. The SMILES string of the molecule is CCC(Nc1nccc(C(N)=S)n1)C(C)C. The number of aromatic nitrogens is 2. The highest BCUT2D eigenvalue weighted by Gasteiger charge is 2.12. The molecule has 0 aliphatic heterocycles. The van der Waals surface area contributed by atoms with Gasteiger partial charge < -0.3 is 11.1 Å². The minimum atomic E-state index is 0.294. The average Bonchev–Trinajstić information content (AvgIpc) is 2.25. The summed E-state index contributed by atoms with van der Waals surface area (Å²) in [5.74, 6) is 1.12. The average molecular weight is 238 g/mol. The van der Waals surface area contributed by atoms with E-state index in [1.54, 1.807) is 12.3 Å². The Morgan fingerprint density at radius 2 is 2.25 bits per heavy atom. The van der Waals surface area contributed by atoms with Gasteiger partial charge in [-0.1, -0.05) is 33.0 Å². The van der Waals surface area contributed by atoms with Crippen molar-refractivity contribution in [3.05, 3.63) is 18.0 Å². The van der Waals surface area contributed by atoms with Gasteiger partial charge in [-0.05, 0) is 18.4 Å². The Morgan fingerprint density at radius 1 is 1.56 bits per heavy atom. The molecule has 0 aliphatic rings. The van der Waals surface area contributed by atoms with E-state index in [0.29, 0.717) is 28.6 Å². The molecule has 4 nitrogen and oxygen atoms in total. The minimum Gasteiger partial charge on any atom is -0.388 e. The summed E-state index contributed by atoms with van der Waals surface area (Å²) in [6.45, 7) is 6.46. The molecule has 1 heterocycles. The summed E-state index contributed by atoms with van der Waals surface area (Å²) in [6, 6.07) is 2.07. The summed E-state index contributed by atoms with van der Waals surface area (Å²) in [5.41, 5.74) is 6.12. The molecule has 1 unspecified atom stereocenters. The van der Waals surface area contributed by atoms with Gasteiger partial charge in [0.15, 0.2) is 0 Å². The van der Waals surface area contributed by atoms with Crippen molar-refractivity contribution in [3.63, 3.8) is 0 Å². The zero-order valence-electron chi connectivity index (χ0n) is 9.90. The summed E-state index contributed by atoms with van der Waals surface area (Å²) >= 11 is 4.87. The predicted octanol–water partition coefficient (Wildman–Crippen LogP) is 1.96. The molecule has 16 heavy (non-hydrogen) atoms. The standard InChI is InChI=1S/C11H18N4S/c1-4-8(7(2)3)14-11-13-6-5-9(15-11)10(12)16/h5-8H,4H2,1-3H3,(H2,12,16)(H,13,14,15). The van der Waals surface area contributed by atoms with E-state index >= 15 is 0 Å². The van der Waals surface area contributed by atoms with Gasteiger partial charge >= 0.3 is 0 Å². The first-order valence-corrected chi connectivity index (χ1v) is 5.84. The maximum atomic E-state index is 5.52.